The van der Waals surface area contributed by atoms with E-state index in [1.54, 1.807) is 11.7 Å². The fourth-order valence-corrected chi connectivity index (χ4v) is 2.91. The van der Waals surface area contributed by atoms with Crippen LogP contribution in [0.25, 0.3) is 10.9 Å². The molecule has 6 heteroatoms. The number of fused-ring (bicyclic) bond motifs is 1. The Morgan fingerprint density at radius 1 is 1.40 bits per heavy atom. The van der Waals surface area contributed by atoms with Gasteiger partial charge in [0.15, 0.2) is 0 Å². The lowest BCUT2D eigenvalue weighted by molar-refractivity contribution is 0.0695. The summed E-state index contributed by atoms with van der Waals surface area (Å²) < 4.78 is 4.61. The molecule has 0 aliphatic heterocycles. The van der Waals surface area contributed by atoms with E-state index in [4.69, 9.17) is 0 Å². The number of rotatable bonds is 3. The van der Waals surface area contributed by atoms with Crippen molar-refractivity contribution in [2.75, 3.05) is 0 Å². The van der Waals surface area contributed by atoms with Crippen LogP contribution in [0.5, 0.6) is 0 Å². The Balaban J connectivity index is 2.10. The van der Waals surface area contributed by atoms with Gasteiger partial charge in [-0.25, -0.2) is 4.79 Å². The molecule has 5 nitrogen and oxygen atoms in total. The first kappa shape index (κ1) is 12.9. The maximum absolute atomic E-state index is 11.2. The molecule has 1 N–H and O–H groups in total. The number of hydrogen-bond donors (Lipinski definition) is 1. The van der Waals surface area contributed by atoms with E-state index in [0.29, 0.717) is 12.2 Å². The number of aromatic nitrogens is 3. The Morgan fingerprint density at radius 3 is 2.90 bits per heavy atom. The molecule has 3 rings (SSSR count). The Morgan fingerprint density at radius 2 is 2.15 bits per heavy atom. The number of carbonyl (C=O) groups is 1. The molecule has 0 aliphatic carbocycles. The van der Waals surface area contributed by atoms with Gasteiger partial charge in [-0.3, -0.25) is 4.68 Å². The zero-order valence-corrected chi connectivity index (χ0v) is 12.3. The molecule has 0 bridgehead atoms. The summed E-state index contributed by atoms with van der Waals surface area (Å²) in [6.45, 7) is 0.463. The Bertz CT molecular complexity index is 804. The van der Waals surface area contributed by atoms with E-state index in [2.05, 4.69) is 21.0 Å². The summed E-state index contributed by atoms with van der Waals surface area (Å²) in [4.78, 5) is 11.2. The molecule has 0 saturated heterocycles. The summed E-state index contributed by atoms with van der Waals surface area (Å²) >= 11 is 3.53. The van der Waals surface area contributed by atoms with Crippen molar-refractivity contribution in [2.45, 2.75) is 6.54 Å². The van der Waals surface area contributed by atoms with Crippen LogP contribution in [-0.4, -0.2) is 25.4 Å². The minimum Gasteiger partial charge on any atom is -0.478 e. The molecule has 0 aliphatic rings. The standard InChI is InChI=1S/C14H12BrN3O2/c1-17-13(10(6-16-17)14(19)20)8-18-7-11(15)9-4-2-3-5-12(9)18/h2-7H,8H2,1H3,(H,19,20). The van der Waals surface area contributed by atoms with Crippen molar-refractivity contribution < 1.29 is 9.90 Å². The van der Waals surface area contributed by atoms with Crippen molar-refractivity contribution in [1.82, 2.24) is 14.3 Å². The van der Waals surface area contributed by atoms with Gasteiger partial charge in [0.05, 0.1) is 18.4 Å². The van der Waals surface area contributed by atoms with Crippen LogP contribution in [0.2, 0.25) is 0 Å². The smallest absolute Gasteiger partial charge is 0.339 e. The monoisotopic (exact) mass is 333 g/mol. The van der Waals surface area contributed by atoms with Crippen LogP contribution in [0.4, 0.5) is 0 Å². The summed E-state index contributed by atoms with van der Waals surface area (Å²) in [5, 5.41) is 14.3. The fourth-order valence-electron chi connectivity index (χ4n) is 2.32. The number of carboxylic acids is 1. The maximum Gasteiger partial charge on any atom is 0.339 e. The first-order valence-corrected chi connectivity index (χ1v) is 6.85. The number of benzene rings is 1. The average Bonchev–Trinajstić information content (AvgIpc) is 2.94. The lowest BCUT2D eigenvalue weighted by atomic mass is 10.2. The molecule has 0 fully saturated rings. The fraction of sp³-hybridized carbons (Fsp3) is 0.143. The lowest BCUT2D eigenvalue weighted by Crippen LogP contribution is -2.09. The first-order chi connectivity index (χ1) is 9.58. The normalized spacial score (nSPS) is 11.1. The van der Waals surface area contributed by atoms with E-state index in [1.165, 1.54) is 6.20 Å². The van der Waals surface area contributed by atoms with Gasteiger partial charge >= 0.3 is 5.97 Å². The zero-order chi connectivity index (χ0) is 14.3. The van der Waals surface area contributed by atoms with Gasteiger partial charge in [-0.05, 0) is 22.0 Å². The molecule has 2 aromatic heterocycles. The highest BCUT2D eigenvalue weighted by molar-refractivity contribution is 9.10. The number of hydrogen-bond acceptors (Lipinski definition) is 2. The largest absolute Gasteiger partial charge is 0.478 e. The van der Waals surface area contributed by atoms with Crippen molar-refractivity contribution in [2.24, 2.45) is 7.05 Å². The van der Waals surface area contributed by atoms with Crippen molar-refractivity contribution in [3.63, 3.8) is 0 Å². The summed E-state index contributed by atoms with van der Waals surface area (Å²) in [6, 6.07) is 7.98. The number of para-hydroxylation sites is 1. The van der Waals surface area contributed by atoms with Crippen LogP contribution >= 0.6 is 15.9 Å². The molecule has 1 aromatic carbocycles. The molecule has 0 unspecified atom stereocenters. The van der Waals surface area contributed by atoms with Crippen LogP contribution in [0.1, 0.15) is 16.1 Å². The Hall–Kier alpha value is -2.08. The van der Waals surface area contributed by atoms with E-state index in [9.17, 15) is 9.90 Å². The van der Waals surface area contributed by atoms with Crippen molar-refractivity contribution in [1.29, 1.82) is 0 Å². The molecule has 0 amide bonds. The predicted octanol–water partition coefficient (Wildman–Crippen LogP) is 2.88. The van der Waals surface area contributed by atoms with Gasteiger partial charge in [-0.1, -0.05) is 18.2 Å². The molecular formula is C14H12BrN3O2. The highest BCUT2D eigenvalue weighted by atomic mass is 79.9. The van der Waals surface area contributed by atoms with Crippen molar-refractivity contribution in [3.05, 3.63) is 52.4 Å². The SMILES string of the molecule is Cn1ncc(C(=O)O)c1Cn1cc(Br)c2ccccc21. The van der Waals surface area contributed by atoms with Crippen LogP contribution in [0.3, 0.4) is 0 Å². The van der Waals surface area contributed by atoms with Gasteiger partial charge in [-0.2, -0.15) is 5.10 Å². The summed E-state index contributed by atoms with van der Waals surface area (Å²) in [6.07, 6.45) is 3.35. The van der Waals surface area contributed by atoms with E-state index < -0.39 is 5.97 Å². The molecule has 0 saturated carbocycles. The van der Waals surface area contributed by atoms with Crippen molar-refractivity contribution in [3.8, 4) is 0 Å². The summed E-state index contributed by atoms with van der Waals surface area (Å²) in [7, 11) is 1.75. The van der Waals surface area contributed by atoms with Crippen LogP contribution in [0.15, 0.2) is 41.1 Å². The number of halogens is 1. The maximum atomic E-state index is 11.2. The van der Waals surface area contributed by atoms with E-state index >= 15 is 0 Å². The minimum absolute atomic E-state index is 0.237. The number of nitrogens with zero attached hydrogens (tertiary/aromatic N) is 3. The third kappa shape index (κ3) is 2.02. The van der Waals surface area contributed by atoms with E-state index in [0.717, 1.165) is 15.4 Å². The van der Waals surface area contributed by atoms with Gasteiger partial charge in [0, 0.05) is 28.6 Å². The van der Waals surface area contributed by atoms with Crippen LogP contribution < -0.4 is 0 Å². The summed E-state index contributed by atoms with van der Waals surface area (Å²) in [5.41, 5.74) is 1.96. The molecule has 102 valence electrons. The number of aromatic carboxylic acids is 1. The highest BCUT2D eigenvalue weighted by Crippen LogP contribution is 2.27. The van der Waals surface area contributed by atoms with Gasteiger partial charge in [0.25, 0.3) is 0 Å². The highest BCUT2D eigenvalue weighted by Gasteiger charge is 2.16. The lowest BCUT2D eigenvalue weighted by Gasteiger charge is -2.07. The van der Waals surface area contributed by atoms with E-state index in [1.807, 2.05) is 35.0 Å². The molecule has 20 heavy (non-hydrogen) atoms. The third-order valence-electron chi connectivity index (χ3n) is 3.35. The summed E-state index contributed by atoms with van der Waals surface area (Å²) in [5.74, 6) is -0.955. The third-order valence-corrected chi connectivity index (χ3v) is 3.98. The molecule has 0 spiro atoms. The number of aryl methyl sites for hydroxylation is 1. The number of carboxylic acid groups (broad SMARTS) is 1. The van der Waals surface area contributed by atoms with Crippen LogP contribution in [0, 0.1) is 0 Å². The molecule has 3 aromatic rings. The Kier molecular flexibility index (Phi) is 3.10. The topological polar surface area (TPSA) is 60.1 Å². The Labute approximate surface area is 123 Å². The molecular weight excluding hydrogens is 322 g/mol. The van der Waals surface area contributed by atoms with E-state index in [-0.39, 0.29) is 5.56 Å². The predicted molar refractivity (Wildman–Crippen MR) is 78.9 cm³/mol. The van der Waals surface area contributed by atoms with Gasteiger partial charge in [0.1, 0.15) is 5.56 Å². The second-order valence-corrected chi connectivity index (χ2v) is 5.41. The average molecular weight is 334 g/mol. The second-order valence-electron chi connectivity index (χ2n) is 4.56. The molecule has 0 atom stereocenters. The zero-order valence-electron chi connectivity index (χ0n) is 10.7. The van der Waals surface area contributed by atoms with Gasteiger partial charge < -0.3 is 9.67 Å². The minimum atomic E-state index is -0.955. The molecule has 0 radical (unpaired) electrons. The quantitative estimate of drug-likeness (QED) is 0.801. The van der Waals surface area contributed by atoms with Gasteiger partial charge in [0.2, 0.25) is 0 Å². The second kappa shape index (κ2) is 4.79. The van der Waals surface area contributed by atoms with Crippen molar-refractivity contribution >= 4 is 32.8 Å². The first-order valence-electron chi connectivity index (χ1n) is 6.05. The van der Waals surface area contributed by atoms with Gasteiger partial charge in [-0.15, -0.1) is 0 Å². The molecule has 2 heterocycles. The van der Waals surface area contributed by atoms with Crippen LogP contribution in [-0.2, 0) is 13.6 Å².